The molecule has 0 saturated heterocycles. The first-order chi connectivity index (χ1) is 9.99. The number of fused-ring (bicyclic) bond motifs is 1. The van der Waals surface area contributed by atoms with Gasteiger partial charge in [0.05, 0.1) is 12.1 Å². The van der Waals surface area contributed by atoms with E-state index in [4.69, 9.17) is 19.7 Å². The maximum atomic E-state index is 14.3. The Kier molecular flexibility index (Phi) is 3.29. The SMILES string of the molecule is CC(C)(F)c1cc2c(c(-c3noc(CN)n3)c1)OCCO2. The van der Waals surface area contributed by atoms with Crippen LogP contribution in [-0.4, -0.2) is 23.4 Å². The second-order valence-corrected chi connectivity index (χ2v) is 5.24. The lowest BCUT2D eigenvalue weighted by Gasteiger charge is -2.23. The van der Waals surface area contributed by atoms with Crippen molar-refractivity contribution in [2.75, 3.05) is 13.2 Å². The van der Waals surface area contributed by atoms with Crippen LogP contribution in [0.3, 0.4) is 0 Å². The number of rotatable bonds is 3. The van der Waals surface area contributed by atoms with Gasteiger partial charge in [-0.05, 0) is 31.5 Å². The largest absolute Gasteiger partial charge is 0.486 e. The minimum Gasteiger partial charge on any atom is -0.486 e. The summed E-state index contributed by atoms with van der Waals surface area (Å²) in [6, 6.07) is 3.29. The molecular weight excluding hydrogens is 277 g/mol. The number of hydrogen-bond acceptors (Lipinski definition) is 6. The van der Waals surface area contributed by atoms with Gasteiger partial charge in [-0.15, -0.1) is 0 Å². The van der Waals surface area contributed by atoms with Crippen LogP contribution >= 0.6 is 0 Å². The number of ether oxygens (including phenoxy) is 2. The van der Waals surface area contributed by atoms with E-state index >= 15 is 0 Å². The van der Waals surface area contributed by atoms with E-state index in [2.05, 4.69) is 10.1 Å². The van der Waals surface area contributed by atoms with E-state index in [0.717, 1.165) is 0 Å². The molecule has 0 fully saturated rings. The van der Waals surface area contributed by atoms with Gasteiger partial charge in [0.15, 0.2) is 11.5 Å². The molecule has 2 N–H and O–H groups in total. The van der Waals surface area contributed by atoms with E-state index in [0.29, 0.717) is 47.6 Å². The van der Waals surface area contributed by atoms with Gasteiger partial charge in [0.1, 0.15) is 18.9 Å². The quantitative estimate of drug-likeness (QED) is 0.933. The lowest BCUT2D eigenvalue weighted by Crippen LogP contribution is -2.18. The van der Waals surface area contributed by atoms with E-state index in [-0.39, 0.29) is 6.54 Å². The minimum absolute atomic E-state index is 0.140. The van der Waals surface area contributed by atoms with Crippen LogP contribution in [0.1, 0.15) is 25.3 Å². The summed E-state index contributed by atoms with van der Waals surface area (Å²) >= 11 is 0. The molecule has 112 valence electrons. The first kappa shape index (κ1) is 13.8. The van der Waals surface area contributed by atoms with Gasteiger partial charge in [-0.3, -0.25) is 0 Å². The molecule has 3 rings (SSSR count). The molecule has 2 aromatic rings. The van der Waals surface area contributed by atoms with E-state index in [9.17, 15) is 4.39 Å². The smallest absolute Gasteiger partial charge is 0.240 e. The summed E-state index contributed by atoms with van der Waals surface area (Å²) in [5.74, 6) is 1.60. The molecule has 0 bridgehead atoms. The lowest BCUT2D eigenvalue weighted by molar-refractivity contribution is 0.169. The highest BCUT2D eigenvalue weighted by Crippen LogP contribution is 2.43. The predicted molar refractivity (Wildman–Crippen MR) is 72.7 cm³/mol. The zero-order chi connectivity index (χ0) is 15.0. The Hall–Kier alpha value is -2.15. The van der Waals surface area contributed by atoms with Crippen molar-refractivity contribution in [3.8, 4) is 22.9 Å². The van der Waals surface area contributed by atoms with E-state index in [1.54, 1.807) is 12.1 Å². The molecular formula is C14H16FN3O3. The maximum Gasteiger partial charge on any atom is 0.240 e. The molecule has 2 heterocycles. The van der Waals surface area contributed by atoms with Crippen molar-refractivity contribution in [1.29, 1.82) is 0 Å². The Morgan fingerprint density at radius 1 is 1.29 bits per heavy atom. The number of nitrogens with two attached hydrogens (primary N) is 1. The van der Waals surface area contributed by atoms with Crippen molar-refractivity contribution in [1.82, 2.24) is 10.1 Å². The molecule has 0 aliphatic carbocycles. The summed E-state index contributed by atoms with van der Waals surface area (Å²) in [6.07, 6.45) is 0. The summed E-state index contributed by atoms with van der Waals surface area (Å²) in [6.45, 7) is 3.93. The molecule has 0 amide bonds. The number of nitrogens with zero attached hydrogens (tertiary/aromatic N) is 2. The summed E-state index contributed by atoms with van der Waals surface area (Å²) in [4.78, 5) is 4.17. The van der Waals surface area contributed by atoms with Crippen molar-refractivity contribution in [2.45, 2.75) is 26.1 Å². The highest BCUT2D eigenvalue weighted by molar-refractivity contribution is 5.70. The number of aromatic nitrogens is 2. The predicted octanol–water partition coefficient (Wildman–Crippen LogP) is 2.17. The highest BCUT2D eigenvalue weighted by atomic mass is 19.1. The van der Waals surface area contributed by atoms with Gasteiger partial charge in [0, 0.05) is 0 Å². The summed E-state index contributed by atoms with van der Waals surface area (Å²) in [7, 11) is 0. The lowest BCUT2D eigenvalue weighted by atomic mass is 9.96. The Bertz CT molecular complexity index is 664. The average Bonchev–Trinajstić information content (AvgIpc) is 2.94. The topological polar surface area (TPSA) is 83.4 Å². The molecule has 7 heteroatoms. The molecule has 6 nitrogen and oxygen atoms in total. The Morgan fingerprint density at radius 3 is 2.71 bits per heavy atom. The molecule has 0 unspecified atom stereocenters. The van der Waals surface area contributed by atoms with Crippen molar-refractivity contribution in [2.24, 2.45) is 5.73 Å². The van der Waals surface area contributed by atoms with Crippen LogP contribution in [0.4, 0.5) is 4.39 Å². The molecule has 0 atom stereocenters. The zero-order valence-electron chi connectivity index (χ0n) is 11.9. The fraction of sp³-hybridized carbons (Fsp3) is 0.429. The number of halogens is 1. The van der Waals surface area contributed by atoms with Crippen molar-refractivity contribution in [3.63, 3.8) is 0 Å². The molecule has 1 aliphatic heterocycles. The van der Waals surface area contributed by atoms with Gasteiger partial charge in [-0.25, -0.2) is 4.39 Å². The second-order valence-electron chi connectivity index (χ2n) is 5.24. The fourth-order valence-corrected chi connectivity index (χ4v) is 2.11. The van der Waals surface area contributed by atoms with Crippen LogP contribution in [0.2, 0.25) is 0 Å². The van der Waals surface area contributed by atoms with Crippen LogP contribution in [-0.2, 0) is 12.2 Å². The first-order valence-corrected chi connectivity index (χ1v) is 6.65. The summed E-state index contributed by atoms with van der Waals surface area (Å²) in [5.41, 5.74) is 4.94. The zero-order valence-corrected chi connectivity index (χ0v) is 11.9. The first-order valence-electron chi connectivity index (χ1n) is 6.65. The third-order valence-corrected chi connectivity index (χ3v) is 3.21. The van der Waals surface area contributed by atoms with E-state index < -0.39 is 5.67 Å². The molecule has 0 saturated carbocycles. The monoisotopic (exact) mass is 293 g/mol. The van der Waals surface area contributed by atoms with E-state index in [1.807, 2.05) is 0 Å². The Morgan fingerprint density at radius 2 is 2.05 bits per heavy atom. The van der Waals surface area contributed by atoms with Crippen LogP contribution < -0.4 is 15.2 Å². The highest BCUT2D eigenvalue weighted by Gasteiger charge is 2.27. The number of benzene rings is 1. The van der Waals surface area contributed by atoms with Gasteiger partial charge in [-0.1, -0.05) is 5.16 Å². The number of hydrogen-bond donors (Lipinski definition) is 1. The maximum absolute atomic E-state index is 14.3. The van der Waals surface area contributed by atoms with Gasteiger partial charge in [0.25, 0.3) is 0 Å². The van der Waals surface area contributed by atoms with Gasteiger partial charge < -0.3 is 19.7 Å². The summed E-state index contributed by atoms with van der Waals surface area (Å²) in [5, 5.41) is 3.86. The standard InChI is InChI=1S/C14H16FN3O3/c1-14(2,15)8-5-9(13-17-11(7-16)21-18-13)12-10(6-8)19-3-4-20-12/h5-6H,3-4,7,16H2,1-2H3. The Balaban J connectivity index is 2.17. The van der Waals surface area contributed by atoms with E-state index in [1.165, 1.54) is 13.8 Å². The van der Waals surface area contributed by atoms with Crippen molar-refractivity contribution < 1.29 is 18.4 Å². The molecule has 0 radical (unpaired) electrons. The van der Waals surface area contributed by atoms with Crippen molar-refractivity contribution >= 4 is 0 Å². The fourth-order valence-electron chi connectivity index (χ4n) is 2.11. The normalized spacial score (nSPS) is 14.3. The Labute approximate surface area is 121 Å². The van der Waals surface area contributed by atoms with Gasteiger partial charge in [0.2, 0.25) is 11.7 Å². The third-order valence-electron chi connectivity index (χ3n) is 3.21. The molecule has 21 heavy (non-hydrogen) atoms. The van der Waals surface area contributed by atoms with Crippen LogP contribution in [0, 0.1) is 0 Å². The molecule has 0 spiro atoms. The van der Waals surface area contributed by atoms with Crippen LogP contribution in [0.5, 0.6) is 11.5 Å². The average molecular weight is 293 g/mol. The molecule has 1 aromatic carbocycles. The van der Waals surface area contributed by atoms with Gasteiger partial charge >= 0.3 is 0 Å². The molecule has 1 aromatic heterocycles. The summed E-state index contributed by atoms with van der Waals surface area (Å²) < 4.78 is 30.5. The minimum atomic E-state index is -1.52. The number of alkyl halides is 1. The van der Waals surface area contributed by atoms with Crippen LogP contribution in [0.25, 0.3) is 11.4 Å². The second kappa shape index (κ2) is 5.00. The molecule has 1 aliphatic rings. The van der Waals surface area contributed by atoms with Crippen molar-refractivity contribution in [3.05, 3.63) is 23.6 Å². The van der Waals surface area contributed by atoms with Crippen LogP contribution in [0.15, 0.2) is 16.7 Å². The third kappa shape index (κ3) is 2.56. The van der Waals surface area contributed by atoms with Gasteiger partial charge in [-0.2, -0.15) is 4.98 Å².